The van der Waals surface area contributed by atoms with Crippen LogP contribution in [-0.2, 0) is 16.0 Å². The van der Waals surface area contributed by atoms with Crippen molar-refractivity contribution in [1.82, 2.24) is 4.90 Å². The van der Waals surface area contributed by atoms with Crippen LogP contribution in [0, 0.1) is 6.92 Å². The summed E-state index contributed by atoms with van der Waals surface area (Å²) in [7, 11) is 0. The minimum atomic E-state index is -0.345. The van der Waals surface area contributed by atoms with Crippen molar-refractivity contribution < 1.29 is 23.9 Å². The van der Waals surface area contributed by atoms with E-state index in [4.69, 9.17) is 21.1 Å². The molecule has 3 aromatic rings. The van der Waals surface area contributed by atoms with Gasteiger partial charge >= 0.3 is 0 Å². The van der Waals surface area contributed by atoms with Crippen LogP contribution in [0.15, 0.2) is 71.6 Å². The van der Waals surface area contributed by atoms with Crippen molar-refractivity contribution in [3.05, 3.63) is 93.3 Å². The van der Waals surface area contributed by atoms with Crippen molar-refractivity contribution in [3.63, 3.8) is 0 Å². The number of imide groups is 1. The Bertz CT molecular complexity index is 1380. The van der Waals surface area contributed by atoms with E-state index < -0.39 is 0 Å². The van der Waals surface area contributed by atoms with Crippen LogP contribution in [0.5, 0.6) is 11.5 Å². The number of ether oxygens (including phenoxy) is 2. The number of benzene rings is 3. The normalized spacial score (nSPS) is 14.1. The number of aryl methyl sites for hydroxylation is 2. The third-order valence-electron chi connectivity index (χ3n) is 5.88. The van der Waals surface area contributed by atoms with Gasteiger partial charge in [-0.1, -0.05) is 59.6 Å². The van der Waals surface area contributed by atoms with Gasteiger partial charge in [-0.2, -0.15) is 0 Å². The fourth-order valence-electron chi connectivity index (χ4n) is 3.98. The summed E-state index contributed by atoms with van der Waals surface area (Å²) in [6.07, 6.45) is 3.07. The second-order valence-corrected chi connectivity index (χ2v) is 10.3. The first-order valence-electron chi connectivity index (χ1n) is 12.6. The molecule has 1 N–H and O–H groups in total. The van der Waals surface area contributed by atoms with E-state index in [1.54, 1.807) is 18.2 Å². The molecule has 0 aromatic heterocycles. The molecule has 0 saturated carbocycles. The van der Waals surface area contributed by atoms with E-state index in [1.807, 2.05) is 68.4 Å². The molecule has 1 fully saturated rings. The van der Waals surface area contributed by atoms with Crippen molar-refractivity contribution in [2.75, 3.05) is 25.1 Å². The molecular formula is C30H29ClN2O5S. The second kappa shape index (κ2) is 13.4. The van der Waals surface area contributed by atoms with E-state index in [-0.39, 0.29) is 34.4 Å². The molecule has 0 radical (unpaired) electrons. The lowest BCUT2D eigenvalue weighted by molar-refractivity contribution is -0.122. The smallest absolute Gasteiger partial charge is 0.293 e. The first-order chi connectivity index (χ1) is 18.8. The number of hydrogen-bond acceptors (Lipinski definition) is 6. The first kappa shape index (κ1) is 28.3. The molecule has 1 aliphatic heterocycles. The van der Waals surface area contributed by atoms with Crippen LogP contribution in [0.3, 0.4) is 0 Å². The van der Waals surface area contributed by atoms with Crippen LogP contribution in [-0.4, -0.2) is 41.7 Å². The fraction of sp³-hybridized carbons (Fsp3) is 0.233. The van der Waals surface area contributed by atoms with Crippen LogP contribution < -0.4 is 14.8 Å². The van der Waals surface area contributed by atoms with E-state index in [9.17, 15) is 14.4 Å². The zero-order valence-corrected chi connectivity index (χ0v) is 23.3. The Hall–Kier alpha value is -3.75. The van der Waals surface area contributed by atoms with Gasteiger partial charge in [0.05, 0.1) is 16.5 Å². The molecular weight excluding hydrogens is 536 g/mol. The van der Waals surface area contributed by atoms with Crippen LogP contribution >= 0.6 is 23.4 Å². The highest BCUT2D eigenvalue weighted by molar-refractivity contribution is 8.18. The van der Waals surface area contributed by atoms with Crippen molar-refractivity contribution in [3.8, 4) is 11.5 Å². The van der Waals surface area contributed by atoms with Gasteiger partial charge in [-0.3, -0.25) is 19.3 Å². The number of anilines is 1. The molecule has 9 heteroatoms. The number of hydrogen-bond donors (Lipinski definition) is 1. The Kier molecular flexibility index (Phi) is 9.68. The van der Waals surface area contributed by atoms with Crippen LogP contribution in [0.25, 0.3) is 6.08 Å². The van der Waals surface area contributed by atoms with Gasteiger partial charge in [0.15, 0.2) is 18.1 Å². The summed E-state index contributed by atoms with van der Waals surface area (Å²) in [5.74, 6) is -0.118. The molecule has 0 spiro atoms. The van der Waals surface area contributed by atoms with E-state index in [0.29, 0.717) is 41.5 Å². The van der Waals surface area contributed by atoms with Gasteiger partial charge in [0, 0.05) is 12.2 Å². The van der Waals surface area contributed by atoms with Crippen molar-refractivity contribution in [2.24, 2.45) is 0 Å². The van der Waals surface area contributed by atoms with Gasteiger partial charge in [-0.15, -0.1) is 0 Å². The van der Waals surface area contributed by atoms with Crippen LogP contribution in [0.2, 0.25) is 5.02 Å². The van der Waals surface area contributed by atoms with Gasteiger partial charge in [-0.25, -0.2) is 0 Å². The van der Waals surface area contributed by atoms with Crippen LogP contribution in [0.4, 0.5) is 10.5 Å². The summed E-state index contributed by atoms with van der Waals surface area (Å²) >= 11 is 7.40. The number of carbonyl (C=O) groups excluding carboxylic acids is 3. The molecule has 4 rings (SSSR count). The molecule has 1 heterocycles. The Morgan fingerprint density at radius 2 is 1.79 bits per heavy atom. The van der Waals surface area contributed by atoms with E-state index >= 15 is 0 Å². The predicted molar refractivity (Wildman–Crippen MR) is 155 cm³/mol. The number of amides is 3. The number of thioether (sulfide) groups is 1. The average molecular weight is 565 g/mol. The summed E-state index contributed by atoms with van der Waals surface area (Å²) in [5.41, 5.74) is 3.49. The number of nitrogens with one attached hydrogen (secondary N) is 1. The second-order valence-electron chi connectivity index (χ2n) is 8.89. The summed E-state index contributed by atoms with van der Waals surface area (Å²) in [5, 5.41) is 2.70. The van der Waals surface area contributed by atoms with Crippen molar-refractivity contribution >= 4 is 52.2 Å². The third-order valence-corrected chi connectivity index (χ3v) is 7.06. The summed E-state index contributed by atoms with van der Waals surface area (Å²) in [6, 6.07) is 20.7. The van der Waals surface area contributed by atoms with Crippen LogP contribution in [0.1, 0.15) is 30.0 Å². The first-order valence-corrected chi connectivity index (χ1v) is 13.8. The lowest BCUT2D eigenvalue weighted by Gasteiger charge is -2.15. The molecule has 0 bridgehead atoms. The largest absolute Gasteiger partial charge is 0.490 e. The van der Waals surface area contributed by atoms with Crippen molar-refractivity contribution in [1.29, 1.82) is 0 Å². The lowest BCUT2D eigenvalue weighted by Crippen LogP contribution is -2.29. The molecule has 0 unspecified atom stereocenters. The van der Waals surface area contributed by atoms with Gasteiger partial charge in [-0.05, 0) is 79.9 Å². The molecule has 7 nitrogen and oxygen atoms in total. The summed E-state index contributed by atoms with van der Waals surface area (Å²) in [6.45, 7) is 4.20. The Balaban J connectivity index is 1.42. The monoisotopic (exact) mass is 564 g/mol. The lowest BCUT2D eigenvalue weighted by atomic mass is 10.1. The fourth-order valence-corrected chi connectivity index (χ4v) is 5.11. The van der Waals surface area contributed by atoms with E-state index in [1.165, 1.54) is 4.90 Å². The Morgan fingerprint density at radius 3 is 2.51 bits per heavy atom. The Morgan fingerprint density at radius 1 is 1.05 bits per heavy atom. The van der Waals surface area contributed by atoms with E-state index in [2.05, 4.69) is 5.32 Å². The maximum absolute atomic E-state index is 13.0. The van der Waals surface area contributed by atoms with Gasteiger partial charge in [0.1, 0.15) is 0 Å². The van der Waals surface area contributed by atoms with Gasteiger partial charge in [0.2, 0.25) is 0 Å². The highest BCUT2D eigenvalue weighted by Crippen LogP contribution is 2.39. The minimum Gasteiger partial charge on any atom is -0.490 e. The van der Waals surface area contributed by atoms with Gasteiger partial charge < -0.3 is 14.8 Å². The molecule has 0 aliphatic carbocycles. The average Bonchev–Trinajstić information content (AvgIpc) is 3.17. The molecule has 0 atom stereocenters. The number of nitrogens with zero attached hydrogens (tertiary/aromatic N) is 1. The molecule has 39 heavy (non-hydrogen) atoms. The predicted octanol–water partition coefficient (Wildman–Crippen LogP) is 6.73. The maximum atomic E-state index is 13.0. The molecule has 1 aliphatic rings. The quantitative estimate of drug-likeness (QED) is 0.260. The number of halogens is 1. The standard InChI is InChI=1S/C30H29ClN2O5S/c1-3-37-25-17-22(16-24(31)28(25)38-19-27(34)32-23-13-11-20(2)12-14-23)18-26-29(35)33(30(36)39-26)15-7-10-21-8-5-4-6-9-21/h4-6,8-9,11-14,16-18H,3,7,10,15,19H2,1-2H3,(H,32,34)/b26-18+. The van der Waals surface area contributed by atoms with Gasteiger partial charge in [0.25, 0.3) is 17.1 Å². The summed E-state index contributed by atoms with van der Waals surface area (Å²) < 4.78 is 11.4. The third kappa shape index (κ3) is 7.65. The zero-order valence-electron chi connectivity index (χ0n) is 21.7. The number of rotatable bonds is 11. The maximum Gasteiger partial charge on any atom is 0.293 e. The topological polar surface area (TPSA) is 84.9 Å². The number of carbonyl (C=O) groups is 3. The van der Waals surface area contributed by atoms with E-state index in [0.717, 1.165) is 29.3 Å². The molecule has 202 valence electrons. The van der Waals surface area contributed by atoms with Crippen molar-refractivity contribution in [2.45, 2.75) is 26.7 Å². The molecule has 1 saturated heterocycles. The molecule has 3 amide bonds. The Labute approximate surface area is 237 Å². The minimum absolute atomic E-state index is 0.220. The zero-order chi connectivity index (χ0) is 27.8. The summed E-state index contributed by atoms with van der Waals surface area (Å²) in [4.78, 5) is 39.5. The molecule has 3 aromatic carbocycles. The highest BCUT2D eigenvalue weighted by Gasteiger charge is 2.34. The highest BCUT2D eigenvalue weighted by atomic mass is 35.5. The SMILES string of the molecule is CCOc1cc(/C=C2/SC(=O)N(CCCc3ccccc3)C2=O)cc(Cl)c1OCC(=O)Nc1ccc(C)cc1.